The molecule has 2 atom stereocenters. The zero-order valence-corrected chi connectivity index (χ0v) is 16.9. The van der Waals surface area contributed by atoms with Gasteiger partial charge >= 0.3 is 6.03 Å². The summed E-state index contributed by atoms with van der Waals surface area (Å²) in [4.78, 5) is 47.4. The highest BCUT2D eigenvalue weighted by Crippen LogP contribution is 2.29. The molecular weight excluding hydrogens is 382 g/mol. The predicted molar refractivity (Wildman–Crippen MR) is 111 cm³/mol. The zero-order valence-electron chi connectivity index (χ0n) is 16.9. The molecule has 0 radical (unpaired) electrons. The quantitative estimate of drug-likeness (QED) is 0.524. The number of Topliss-reactive ketones (excluding diaryl/α,β-unsaturated/α-hetero) is 1. The van der Waals surface area contributed by atoms with Crippen molar-refractivity contribution >= 4 is 23.6 Å². The van der Waals surface area contributed by atoms with Crippen molar-refractivity contribution < 1.29 is 19.2 Å². The molecule has 1 aliphatic heterocycles. The van der Waals surface area contributed by atoms with Crippen molar-refractivity contribution in [1.29, 1.82) is 0 Å². The van der Waals surface area contributed by atoms with Gasteiger partial charge in [0.05, 0.1) is 6.42 Å². The lowest BCUT2D eigenvalue weighted by Crippen LogP contribution is -2.49. The number of benzene rings is 2. The SMILES string of the molecule is CC(=O)c1cccc(-c2ccc3c(c2)CC(NC(=O)CC2(C)NC(=O)NC2=O)C3)c1. The van der Waals surface area contributed by atoms with Crippen LogP contribution in [-0.4, -0.2) is 35.2 Å². The average molecular weight is 405 g/mol. The van der Waals surface area contributed by atoms with Crippen LogP contribution in [0.15, 0.2) is 42.5 Å². The van der Waals surface area contributed by atoms with Crippen molar-refractivity contribution in [2.45, 2.75) is 44.7 Å². The van der Waals surface area contributed by atoms with E-state index >= 15 is 0 Å². The van der Waals surface area contributed by atoms with Gasteiger partial charge in [0.2, 0.25) is 5.91 Å². The van der Waals surface area contributed by atoms with Crippen LogP contribution < -0.4 is 16.0 Å². The zero-order chi connectivity index (χ0) is 21.5. The molecule has 4 amide bonds. The van der Waals surface area contributed by atoms with Gasteiger partial charge in [-0.05, 0) is 55.0 Å². The number of rotatable bonds is 5. The van der Waals surface area contributed by atoms with Gasteiger partial charge < -0.3 is 10.6 Å². The highest BCUT2D eigenvalue weighted by molar-refractivity contribution is 6.08. The van der Waals surface area contributed by atoms with E-state index in [0.29, 0.717) is 18.4 Å². The van der Waals surface area contributed by atoms with E-state index in [-0.39, 0.29) is 24.2 Å². The van der Waals surface area contributed by atoms with E-state index in [1.54, 1.807) is 13.0 Å². The van der Waals surface area contributed by atoms with Crippen molar-refractivity contribution in [3.05, 3.63) is 59.2 Å². The third-order valence-corrected chi connectivity index (χ3v) is 5.74. The maximum absolute atomic E-state index is 12.5. The molecule has 1 saturated heterocycles. The fourth-order valence-corrected chi connectivity index (χ4v) is 4.12. The molecule has 0 saturated carbocycles. The number of imide groups is 1. The molecule has 2 unspecified atom stereocenters. The standard InChI is InChI=1S/C23H23N3O4/c1-13(27)14-4-3-5-15(8-14)16-6-7-17-10-19(11-18(17)9-16)24-20(28)12-23(2)21(29)25-22(30)26-23/h3-9,19H,10-12H2,1-2H3,(H,24,28)(H2,25,26,29,30). The molecule has 0 spiro atoms. The van der Waals surface area contributed by atoms with Crippen molar-refractivity contribution in [2.24, 2.45) is 0 Å². The largest absolute Gasteiger partial charge is 0.353 e. The van der Waals surface area contributed by atoms with Crippen LogP contribution in [0, 0.1) is 0 Å². The Bertz CT molecular complexity index is 1080. The van der Waals surface area contributed by atoms with E-state index in [1.807, 2.05) is 24.3 Å². The second kappa shape index (κ2) is 7.40. The topological polar surface area (TPSA) is 104 Å². The van der Waals surface area contributed by atoms with Crippen LogP contribution in [0.3, 0.4) is 0 Å². The first-order valence-electron chi connectivity index (χ1n) is 9.90. The Morgan fingerprint density at radius 1 is 1.07 bits per heavy atom. The Labute approximate surface area is 174 Å². The van der Waals surface area contributed by atoms with E-state index in [9.17, 15) is 19.2 Å². The molecule has 2 aliphatic rings. The number of fused-ring (bicyclic) bond motifs is 1. The van der Waals surface area contributed by atoms with E-state index in [1.165, 1.54) is 12.5 Å². The summed E-state index contributed by atoms with van der Waals surface area (Å²) >= 11 is 0. The lowest BCUT2D eigenvalue weighted by atomic mass is 9.97. The van der Waals surface area contributed by atoms with Crippen molar-refractivity contribution in [1.82, 2.24) is 16.0 Å². The van der Waals surface area contributed by atoms with Crippen molar-refractivity contribution in [2.75, 3.05) is 0 Å². The maximum atomic E-state index is 12.5. The molecule has 1 aliphatic carbocycles. The maximum Gasteiger partial charge on any atom is 0.322 e. The van der Waals surface area contributed by atoms with Gasteiger partial charge in [0.15, 0.2) is 5.78 Å². The van der Waals surface area contributed by atoms with Crippen LogP contribution in [0.25, 0.3) is 11.1 Å². The van der Waals surface area contributed by atoms with Crippen LogP contribution in [0.1, 0.15) is 41.8 Å². The fraction of sp³-hybridized carbons (Fsp3) is 0.304. The molecule has 2 aromatic carbocycles. The first kappa shape index (κ1) is 19.8. The fourth-order valence-electron chi connectivity index (χ4n) is 4.12. The Kier molecular flexibility index (Phi) is 4.89. The molecule has 0 bridgehead atoms. The summed E-state index contributed by atoms with van der Waals surface area (Å²) in [5.74, 6) is -0.738. The number of carbonyl (C=O) groups is 4. The molecule has 0 aromatic heterocycles. The minimum absolute atomic E-state index is 0.0293. The molecule has 1 heterocycles. The number of hydrogen-bond donors (Lipinski definition) is 3. The summed E-state index contributed by atoms with van der Waals surface area (Å²) in [6.45, 7) is 3.09. The molecule has 7 heteroatoms. The summed E-state index contributed by atoms with van der Waals surface area (Å²) < 4.78 is 0. The van der Waals surface area contributed by atoms with Gasteiger partial charge in [-0.1, -0.05) is 36.4 Å². The number of hydrogen-bond acceptors (Lipinski definition) is 4. The minimum Gasteiger partial charge on any atom is -0.353 e. The van der Waals surface area contributed by atoms with E-state index < -0.39 is 17.5 Å². The second-order valence-corrected chi connectivity index (χ2v) is 8.21. The molecule has 1 fully saturated rings. The normalized spacial score (nSPS) is 22.3. The molecule has 30 heavy (non-hydrogen) atoms. The third-order valence-electron chi connectivity index (χ3n) is 5.74. The monoisotopic (exact) mass is 405 g/mol. The highest BCUT2D eigenvalue weighted by Gasteiger charge is 2.43. The van der Waals surface area contributed by atoms with Gasteiger partial charge in [0.1, 0.15) is 5.54 Å². The first-order valence-corrected chi connectivity index (χ1v) is 9.90. The van der Waals surface area contributed by atoms with Crippen LogP contribution >= 0.6 is 0 Å². The Morgan fingerprint density at radius 3 is 2.50 bits per heavy atom. The smallest absolute Gasteiger partial charge is 0.322 e. The number of amides is 4. The lowest BCUT2D eigenvalue weighted by Gasteiger charge is -2.21. The summed E-state index contributed by atoms with van der Waals surface area (Å²) in [6.07, 6.45) is 1.29. The summed E-state index contributed by atoms with van der Waals surface area (Å²) in [5.41, 5.74) is 3.79. The van der Waals surface area contributed by atoms with Crippen LogP contribution in [0.4, 0.5) is 4.79 Å². The van der Waals surface area contributed by atoms with Gasteiger partial charge in [-0.15, -0.1) is 0 Å². The summed E-state index contributed by atoms with van der Waals surface area (Å²) in [6, 6.07) is 13.1. The van der Waals surface area contributed by atoms with E-state index in [4.69, 9.17) is 0 Å². The molecule has 2 aromatic rings. The molecular formula is C23H23N3O4. The van der Waals surface area contributed by atoms with E-state index in [2.05, 4.69) is 28.1 Å². The van der Waals surface area contributed by atoms with E-state index in [0.717, 1.165) is 16.7 Å². The molecule has 7 nitrogen and oxygen atoms in total. The Balaban J connectivity index is 1.43. The highest BCUT2D eigenvalue weighted by atomic mass is 16.2. The number of carbonyl (C=O) groups excluding carboxylic acids is 4. The molecule has 4 rings (SSSR count). The van der Waals surface area contributed by atoms with Crippen molar-refractivity contribution in [3.8, 4) is 11.1 Å². The summed E-state index contributed by atoms with van der Waals surface area (Å²) in [7, 11) is 0. The van der Waals surface area contributed by atoms with Crippen LogP contribution in [0.2, 0.25) is 0 Å². The van der Waals surface area contributed by atoms with Gasteiger partial charge in [-0.3, -0.25) is 19.7 Å². The first-order chi connectivity index (χ1) is 14.2. The van der Waals surface area contributed by atoms with Crippen molar-refractivity contribution in [3.63, 3.8) is 0 Å². The van der Waals surface area contributed by atoms with Gasteiger partial charge in [-0.25, -0.2) is 4.79 Å². The van der Waals surface area contributed by atoms with Crippen LogP contribution in [-0.2, 0) is 22.4 Å². The number of ketones is 1. The van der Waals surface area contributed by atoms with Crippen LogP contribution in [0.5, 0.6) is 0 Å². The lowest BCUT2D eigenvalue weighted by molar-refractivity contribution is -0.129. The molecule has 3 N–H and O–H groups in total. The Morgan fingerprint density at radius 2 is 1.80 bits per heavy atom. The van der Waals surface area contributed by atoms with Gasteiger partial charge in [0.25, 0.3) is 5.91 Å². The van der Waals surface area contributed by atoms with Gasteiger partial charge in [0, 0.05) is 11.6 Å². The average Bonchev–Trinajstić information content (AvgIpc) is 3.19. The molecule has 154 valence electrons. The predicted octanol–water partition coefficient (Wildman–Crippen LogP) is 2.13. The number of urea groups is 1. The Hall–Kier alpha value is -3.48. The third kappa shape index (κ3) is 3.83. The number of nitrogens with one attached hydrogen (secondary N) is 3. The summed E-state index contributed by atoms with van der Waals surface area (Å²) in [5, 5.41) is 7.65. The minimum atomic E-state index is -1.22. The second-order valence-electron chi connectivity index (χ2n) is 8.21. The van der Waals surface area contributed by atoms with Gasteiger partial charge in [-0.2, -0.15) is 0 Å².